The van der Waals surface area contributed by atoms with Crippen molar-refractivity contribution in [1.29, 1.82) is 0 Å². The molecule has 29 heavy (non-hydrogen) atoms. The third kappa shape index (κ3) is 7.00. The molecule has 0 aromatic heterocycles. The zero-order valence-corrected chi connectivity index (χ0v) is 18.0. The second-order valence-corrected chi connectivity index (χ2v) is 8.48. The van der Waals surface area contributed by atoms with E-state index in [1.165, 1.54) is 12.1 Å². The normalized spacial score (nSPS) is 12.3. The lowest BCUT2D eigenvalue weighted by Gasteiger charge is -2.33. The van der Waals surface area contributed by atoms with Gasteiger partial charge in [-0.25, -0.2) is 4.39 Å². The number of benzene rings is 2. The number of aryl methyl sites for hydroxylation is 1. The molecule has 0 radical (unpaired) electrons. The van der Waals surface area contributed by atoms with Crippen LogP contribution in [0.5, 0.6) is 0 Å². The molecule has 0 aliphatic rings. The van der Waals surface area contributed by atoms with Crippen molar-refractivity contribution in [1.82, 2.24) is 10.2 Å². The maximum atomic E-state index is 13.2. The van der Waals surface area contributed by atoms with Gasteiger partial charge in [0, 0.05) is 12.1 Å². The lowest BCUT2D eigenvalue weighted by atomic mass is 10.0. The van der Waals surface area contributed by atoms with E-state index in [0.29, 0.717) is 13.0 Å². The molecular weight excluding hydrogens is 367 g/mol. The minimum atomic E-state index is -0.581. The van der Waals surface area contributed by atoms with Crippen molar-refractivity contribution in [2.45, 2.75) is 65.6 Å². The predicted octanol–water partition coefficient (Wildman–Crippen LogP) is 4.40. The van der Waals surface area contributed by atoms with Crippen LogP contribution in [0, 0.1) is 12.7 Å². The molecule has 1 N–H and O–H groups in total. The zero-order chi connectivity index (χ0) is 21.6. The summed E-state index contributed by atoms with van der Waals surface area (Å²) < 4.78 is 13.2. The highest BCUT2D eigenvalue weighted by Gasteiger charge is 2.30. The number of halogens is 1. The average Bonchev–Trinajstić information content (AvgIpc) is 2.62. The summed E-state index contributed by atoms with van der Waals surface area (Å²) in [5.74, 6) is -0.664. The van der Waals surface area contributed by atoms with E-state index in [9.17, 15) is 14.0 Å². The van der Waals surface area contributed by atoms with Gasteiger partial charge in [-0.2, -0.15) is 0 Å². The van der Waals surface area contributed by atoms with Gasteiger partial charge in [0.25, 0.3) is 0 Å². The van der Waals surface area contributed by atoms with E-state index in [1.54, 1.807) is 17.0 Å². The molecule has 0 fully saturated rings. The highest BCUT2D eigenvalue weighted by atomic mass is 19.1. The van der Waals surface area contributed by atoms with E-state index < -0.39 is 6.04 Å². The minimum Gasteiger partial charge on any atom is -0.350 e. The smallest absolute Gasteiger partial charge is 0.243 e. The van der Waals surface area contributed by atoms with Crippen LogP contribution in [0.4, 0.5) is 4.39 Å². The number of carbonyl (C=O) groups excluding carboxylic acids is 2. The van der Waals surface area contributed by atoms with Crippen LogP contribution in [-0.4, -0.2) is 28.3 Å². The van der Waals surface area contributed by atoms with Crippen molar-refractivity contribution in [3.05, 3.63) is 71.0 Å². The maximum Gasteiger partial charge on any atom is 0.243 e. The fraction of sp³-hybridized carbons (Fsp3) is 0.417. The van der Waals surface area contributed by atoms with Crippen LogP contribution in [0.3, 0.4) is 0 Å². The Morgan fingerprint density at radius 2 is 1.72 bits per heavy atom. The molecule has 1 atom stereocenters. The summed E-state index contributed by atoms with van der Waals surface area (Å²) in [7, 11) is 0. The quantitative estimate of drug-likeness (QED) is 0.752. The van der Waals surface area contributed by atoms with Crippen LogP contribution < -0.4 is 5.32 Å². The SMILES string of the molecule is CC[C@@H](C(=O)NC(C)(C)C)N(Cc1cccc(C)c1)C(=O)Cc1ccc(F)cc1. The first-order valence-corrected chi connectivity index (χ1v) is 10.0. The minimum absolute atomic E-state index is 0.116. The van der Waals surface area contributed by atoms with E-state index in [4.69, 9.17) is 0 Å². The summed E-state index contributed by atoms with van der Waals surface area (Å²) in [5.41, 5.74) is 2.40. The number of nitrogens with one attached hydrogen (secondary N) is 1. The fourth-order valence-electron chi connectivity index (χ4n) is 3.26. The van der Waals surface area contributed by atoms with Gasteiger partial charge < -0.3 is 10.2 Å². The summed E-state index contributed by atoms with van der Waals surface area (Å²) >= 11 is 0. The first-order chi connectivity index (χ1) is 13.6. The van der Waals surface area contributed by atoms with Gasteiger partial charge in [-0.15, -0.1) is 0 Å². The van der Waals surface area contributed by atoms with Crippen LogP contribution in [0.1, 0.15) is 50.8 Å². The maximum absolute atomic E-state index is 13.2. The lowest BCUT2D eigenvalue weighted by Crippen LogP contribution is -2.53. The van der Waals surface area contributed by atoms with Crippen molar-refractivity contribution in [3.8, 4) is 0 Å². The van der Waals surface area contributed by atoms with E-state index in [0.717, 1.165) is 16.7 Å². The molecule has 0 unspecified atom stereocenters. The topological polar surface area (TPSA) is 49.4 Å². The molecule has 0 heterocycles. The Kier molecular flexibility index (Phi) is 7.54. The molecule has 2 aromatic rings. The van der Waals surface area contributed by atoms with Gasteiger partial charge in [0.1, 0.15) is 11.9 Å². The summed E-state index contributed by atoms with van der Waals surface area (Å²) in [4.78, 5) is 27.8. The van der Waals surface area contributed by atoms with Crippen molar-refractivity contribution in [2.75, 3.05) is 0 Å². The summed E-state index contributed by atoms with van der Waals surface area (Å²) in [6.45, 7) is 10.0. The van der Waals surface area contributed by atoms with Gasteiger partial charge in [-0.3, -0.25) is 9.59 Å². The molecule has 0 bridgehead atoms. The first kappa shape index (κ1) is 22.6. The van der Waals surface area contributed by atoms with Gasteiger partial charge in [-0.1, -0.05) is 48.9 Å². The van der Waals surface area contributed by atoms with Crippen LogP contribution in [0.25, 0.3) is 0 Å². The number of rotatable bonds is 7. The molecule has 2 amide bonds. The Bertz CT molecular complexity index is 841. The number of nitrogens with zero attached hydrogens (tertiary/aromatic N) is 1. The molecule has 2 rings (SSSR count). The second kappa shape index (κ2) is 9.68. The standard InChI is InChI=1S/C24H31FN2O2/c1-6-21(23(29)26-24(3,4)5)27(16-19-9-7-8-17(2)14-19)22(28)15-18-10-12-20(25)13-11-18/h7-14,21H,6,15-16H2,1-5H3,(H,26,29)/t21-/m0/s1. The molecule has 0 saturated heterocycles. The number of hydrogen-bond acceptors (Lipinski definition) is 2. The van der Waals surface area contributed by atoms with Gasteiger partial charge >= 0.3 is 0 Å². The van der Waals surface area contributed by atoms with E-state index in [1.807, 2.05) is 58.9 Å². The van der Waals surface area contributed by atoms with Gasteiger partial charge in [0.15, 0.2) is 0 Å². The molecule has 2 aromatic carbocycles. The molecule has 0 aliphatic carbocycles. The zero-order valence-electron chi connectivity index (χ0n) is 18.0. The predicted molar refractivity (Wildman–Crippen MR) is 114 cm³/mol. The second-order valence-electron chi connectivity index (χ2n) is 8.48. The van der Waals surface area contributed by atoms with Crippen LogP contribution >= 0.6 is 0 Å². The molecule has 0 aliphatic heterocycles. The molecule has 0 saturated carbocycles. The van der Waals surface area contributed by atoms with Crippen molar-refractivity contribution < 1.29 is 14.0 Å². The highest BCUT2D eigenvalue weighted by Crippen LogP contribution is 2.17. The molecule has 5 heteroatoms. The van der Waals surface area contributed by atoms with Crippen molar-refractivity contribution in [2.24, 2.45) is 0 Å². The van der Waals surface area contributed by atoms with Crippen LogP contribution in [0.2, 0.25) is 0 Å². The molecule has 4 nitrogen and oxygen atoms in total. The lowest BCUT2D eigenvalue weighted by molar-refractivity contribution is -0.141. The van der Waals surface area contributed by atoms with E-state index in [-0.39, 0.29) is 29.6 Å². The summed E-state index contributed by atoms with van der Waals surface area (Å²) in [6, 6.07) is 13.2. The Labute approximate surface area is 173 Å². The van der Waals surface area contributed by atoms with E-state index >= 15 is 0 Å². The Balaban J connectivity index is 2.30. The number of hydrogen-bond donors (Lipinski definition) is 1. The Morgan fingerprint density at radius 3 is 2.28 bits per heavy atom. The van der Waals surface area contributed by atoms with Gasteiger partial charge in [0.2, 0.25) is 11.8 Å². The third-order valence-electron chi connectivity index (χ3n) is 4.59. The summed E-state index contributed by atoms with van der Waals surface area (Å²) in [5, 5.41) is 2.99. The van der Waals surface area contributed by atoms with E-state index in [2.05, 4.69) is 5.32 Å². The molecule has 0 spiro atoms. The third-order valence-corrected chi connectivity index (χ3v) is 4.59. The summed E-state index contributed by atoms with van der Waals surface area (Å²) in [6.07, 6.45) is 0.619. The monoisotopic (exact) mass is 398 g/mol. The average molecular weight is 399 g/mol. The largest absolute Gasteiger partial charge is 0.350 e. The highest BCUT2D eigenvalue weighted by molar-refractivity contribution is 5.88. The van der Waals surface area contributed by atoms with Crippen LogP contribution in [0.15, 0.2) is 48.5 Å². The van der Waals surface area contributed by atoms with Crippen molar-refractivity contribution >= 4 is 11.8 Å². The molecule has 156 valence electrons. The van der Waals surface area contributed by atoms with Crippen molar-refractivity contribution in [3.63, 3.8) is 0 Å². The number of carbonyl (C=O) groups is 2. The Morgan fingerprint density at radius 1 is 1.07 bits per heavy atom. The molecular formula is C24H31FN2O2. The van der Waals surface area contributed by atoms with Crippen LogP contribution in [-0.2, 0) is 22.6 Å². The first-order valence-electron chi connectivity index (χ1n) is 10.0. The van der Waals surface area contributed by atoms with Gasteiger partial charge in [0.05, 0.1) is 6.42 Å². The fourth-order valence-corrected chi connectivity index (χ4v) is 3.26. The van der Waals surface area contributed by atoms with Gasteiger partial charge in [-0.05, 0) is 57.4 Å². The Hall–Kier alpha value is -2.69. The number of amides is 2.